The Morgan fingerprint density at radius 3 is 2.82 bits per heavy atom. The summed E-state index contributed by atoms with van der Waals surface area (Å²) in [5.74, 6) is -0.00892. The first kappa shape index (κ1) is 14.2. The maximum Gasteiger partial charge on any atom is 0.165 e. The highest BCUT2D eigenvalue weighted by atomic mass is 35.5. The first-order valence-electron chi connectivity index (χ1n) is 5.49. The van der Waals surface area contributed by atoms with Crippen LogP contribution in [0.3, 0.4) is 0 Å². The summed E-state index contributed by atoms with van der Waals surface area (Å²) in [5, 5.41) is 0. The van der Waals surface area contributed by atoms with E-state index in [4.69, 9.17) is 10.5 Å². The molecular weight excluding hydrogens is 243 g/mol. The van der Waals surface area contributed by atoms with Crippen LogP contribution in [0.5, 0.6) is 5.75 Å². The van der Waals surface area contributed by atoms with Gasteiger partial charge in [0.05, 0.1) is 7.11 Å². The van der Waals surface area contributed by atoms with E-state index in [2.05, 4.69) is 4.90 Å². The van der Waals surface area contributed by atoms with Crippen molar-refractivity contribution in [1.82, 2.24) is 4.90 Å². The van der Waals surface area contributed by atoms with Crippen molar-refractivity contribution in [2.45, 2.75) is 19.0 Å². The summed E-state index contributed by atoms with van der Waals surface area (Å²) < 4.78 is 18.3. The zero-order chi connectivity index (χ0) is 11.5. The molecular formula is C12H18ClFN2O. The van der Waals surface area contributed by atoms with Gasteiger partial charge in [0.15, 0.2) is 11.6 Å². The number of likely N-dealkylation sites (tertiary alicyclic amines) is 1. The molecule has 0 spiro atoms. The van der Waals surface area contributed by atoms with Crippen LogP contribution in [0.25, 0.3) is 0 Å². The fourth-order valence-corrected chi connectivity index (χ4v) is 2.07. The number of nitrogens with two attached hydrogens (primary N) is 1. The number of hydrogen-bond acceptors (Lipinski definition) is 3. The lowest BCUT2D eigenvalue weighted by molar-refractivity contribution is 0.325. The quantitative estimate of drug-likeness (QED) is 0.901. The third-order valence-electron chi connectivity index (χ3n) is 2.93. The number of methoxy groups -OCH3 is 1. The number of hydrogen-bond donors (Lipinski definition) is 1. The molecule has 1 fully saturated rings. The van der Waals surface area contributed by atoms with E-state index < -0.39 is 0 Å². The average molecular weight is 261 g/mol. The highest BCUT2D eigenvalue weighted by Gasteiger charge is 2.19. The van der Waals surface area contributed by atoms with E-state index >= 15 is 0 Å². The van der Waals surface area contributed by atoms with E-state index in [0.717, 1.165) is 31.6 Å². The first-order chi connectivity index (χ1) is 7.69. The topological polar surface area (TPSA) is 38.5 Å². The molecule has 1 saturated heterocycles. The van der Waals surface area contributed by atoms with Crippen LogP contribution in [0.1, 0.15) is 12.0 Å². The van der Waals surface area contributed by atoms with Gasteiger partial charge in [-0.25, -0.2) is 4.39 Å². The Morgan fingerprint density at radius 2 is 2.29 bits per heavy atom. The molecule has 17 heavy (non-hydrogen) atoms. The second-order valence-corrected chi connectivity index (χ2v) is 4.25. The molecule has 0 saturated carbocycles. The summed E-state index contributed by atoms with van der Waals surface area (Å²) in [6.45, 7) is 2.65. The third-order valence-corrected chi connectivity index (χ3v) is 2.93. The van der Waals surface area contributed by atoms with Crippen LogP contribution in [0.15, 0.2) is 18.2 Å². The van der Waals surface area contributed by atoms with Crippen molar-refractivity contribution < 1.29 is 9.13 Å². The Morgan fingerprint density at radius 1 is 1.53 bits per heavy atom. The van der Waals surface area contributed by atoms with E-state index in [1.807, 2.05) is 6.07 Å². The van der Waals surface area contributed by atoms with Crippen molar-refractivity contribution in [2.24, 2.45) is 5.73 Å². The zero-order valence-electron chi connectivity index (χ0n) is 9.86. The molecule has 3 nitrogen and oxygen atoms in total. The molecule has 1 aromatic rings. The monoisotopic (exact) mass is 260 g/mol. The van der Waals surface area contributed by atoms with Crippen molar-refractivity contribution in [2.75, 3.05) is 20.2 Å². The van der Waals surface area contributed by atoms with Crippen LogP contribution in [0.2, 0.25) is 0 Å². The second kappa shape index (κ2) is 6.19. The molecule has 0 bridgehead atoms. The van der Waals surface area contributed by atoms with Gasteiger partial charge < -0.3 is 10.5 Å². The summed E-state index contributed by atoms with van der Waals surface area (Å²) in [6, 6.07) is 5.36. The molecule has 0 aliphatic carbocycles. The Kier molecular flexibility index (Phi) is 5.18. The van der Waals surface area contributed by atoms with Gasteiger partial charge in [0.2, 0.25) is 0 Å². The molecule has 1 atom stereocenters. The summed E-state index contributed by atoms with van der Waals surface area (Å²) in [7, 11) is 1.47. The Balaban J connectivity index is 0.00000144. The maximum absolute atomic E-state index is 13.4. The van der Waals surface area contributed by atoms with Crippen molar-refractivity contribution in [3.8, 4) is 5.75 Å². The lowest BCUT2D eigenvalue weighted by Gasteiger charge is -2.15. The molecule has 2 N–H and O–H groups in total. The average Bonchev–Trinajstić information content (AvgIpc) is 2.64. The predicted octanol–water partition coefficient (Wildman–Crippen LogP) is 1.79. The van der Waals surface area contributed by atoms with Crippen LogP contribution in [-0.4, -0.2) is 31.1 Å². The molecule has 1 aliphatic rings. The molecule has 0 unspecified atom stereocenters. The molecule has 1 aliphatic heterocycles. The van der Waals surface area contributed by atoms with Crippen LogP contribution in [0, 0.1) is 5.82 Å². The standard InChI is InChI=1S/C12H17FN2O.ClH/c1-16-12-3-2-9(6-11(12)13)7-15-5-4-10(14)8-15;/h2-3,6,10H,4-5,7-8,14H2,1H3;1H/t10-;/m0./s1. The molecule has 2 rings (SSSR count). The fraction of sp³-hybridized carbons (Fsp3) is 0.500. The minimum Gasteiger partial charge on any atom is -0.494 e. The van der Waals surface area contributed by atoms with Gasteiger partial charge in [-0.3, -0.25) is 4.90 Å². The molecule has 0 radical (unpaired) electrons. The normalized spacial score (nSPS) is 20.1. The van der Waals surface area contributed by atoms with E-state index in [1.54, 1.807) is 6.07 Å². The van der Waals surface area contributed by atoms with Gasteiger partial charge in [0, 0.05) is 25.7 Å². The highest BCUT2D eigenvalue weighted by Crippen LogP contribution is 2.19. The summed E-state index contributed by atoms with van der Waals surface area (Å²) in [6.07, 6.45) is 1.03. The lowest BCUT2D eigenvalue weighted by atomic mass is 10.2. The Hall–Kier alpha value is -0.840. The molecule has 1 aromatic carbocycles. The molecule has 0 aromatic heterocycles. The number of ether oxygens (including phenoxy) is 1. The van der Waals surface area contributed by atoms with Gasteiger partial charge in [-0.1, -0.05) is 6.07 Å². The smallest absolute Gasteiger partial charge is 0.165 e. The Bertz CT molecular complexity index is 376. The van der Waals surface area contributed by atoms with Crippen molar-refractivity contribution in [3.05, 3.63) is 29.6 Å². The minimum absolute atomic E-state index is 0. The van der Waals surface area contributed by atoms with Gasteiger partial charge in [-0.05, 0) is 24.1 Å². The van der Waals surface area contributed by atoms with Crippen molar-refractivity contribution in [3.63, 3.8) is 0 Å². The van der Waals surface area contributed by atoms with E-state index in [9.17, 15) is 4.39 Å². The van der Waals surface area contributed by atoms with Gasteiger partial charge in [0.25, 0.3) is 0 Å². The predicted molar refractivity (Wildman–Crippen MR) is 68.1 cm³/mol. The summed E-state index contributed by atoms with van der Waals surface area (Å²) in [4.78, 5) is 2.24. The van der Waals surface area contributed by atoms with E-state index in [1.165, 1.54) is 13.2 Å². The molecule has 1 heterocycles. The fourth-order valence-electron chi connectivity index (χ4n) is 2.07. The van der Waals surface area contributed by atoms with Crippen LogP contribution in [0.4, 0.5) is 4.39 Å². The first-order valence-corrected chi connectivity index (χ1v) is 5.49. The molecule has 5 heteroatoms. The number of rotatable bonds is 3. The molecule has 0 amide bonds. The Labute approximate surface area is 107 Å². The summed E-state index contributed by atoms with van der Waals surface area (Å²) in [5.41, 5.74) is 6.78. The van der Waals surface area contributed by atoms with Gasteiger partial charge in [0.1, 0.15) is 0 Å². The maximum atomic E-state index is 13.4. The number of benzene rings is 1. The number of nitrogens with zero attached hydrogens (tertiary/aromatic N) is 1. The highest BCUT2D eigenvalue weighted by molar-refractivity contribution is 5.85. The van der Waals surface area contributed by atoms with Crippen molar-refractivity contribution in [1.29, 1.82) is 0 Å². The zero-order valence-corrected chi connectivity index (χ0v) is 10.7. The van der Waals surface area contributed by atoms with Crippen LogP contribution < -0.4 is 10.5 Å². The lowest BCUT2D eigenvalue weighted by Crippen LogP contribution is -2.26. The minimum atomic E-state index is -0.302. The van der Waals surface area contributed by atoms with Gasteiger partial charge in [-0.2, -0.15) is 0 Å². The molecule has 96 valence electrons. The summed E-state index contributed by atoms with van der Waals surface area (Å²) >= 11 is 0. The third kappa shape index (κ3) is 3.56. The van der Waals surface area contributed by atoms with Crippen LogP contribution in [-0.2, 0) is 6.54 Å². The van der Waals surface area contributed by atoms with E-state index in [0.29, 0.717) is 5.75 Å². The SMILES string of the molecule is COc1ccc(CN2CC[C@H](N)C2)cc1F.Cl. The second-order valence-electron chi connectivity index (χ2n) is 4.25. The van der Waals surface area contributed by atoms with Gasteiger partial charge >= 0.3 is 0 Å². The van der Waals surface area contributed by atoms with Gasteiger partial charge in [-0.15, -0.1) is 12.4 Å². The van der Waals surface area contributed by atoms with E-state index in [-0.39, 0.29) is 24.3 Å². The number of halogens is 2. The largest absolute Gasteiger partial charge is 0.494 e. The van der Waals surface area contributed by atoms with Crippen molar-refractivity contribution >= 4 is 12.4 Å². The van der Waals surface area contributed by atoms with Crippen LogP contribution >= 0.6 is 12.4 Å².